The highest BCUT2D eigenvalue weighted by atomic mass is 13.8. The summed E-state index contributed by atoms with van der Waals surface area (Å²) in [5.74, 6) is 0. The van der Waals surface area contributed by atoms with E-state index in [-0.39, 0.29) is 0 Å². The molecular weight excluding hydrogens is 168 g/mol. The first-order valence-electron chi connectivity index (χ1n) is 5.82. The third kappa shape index (κ3) is 22.5. The Balaban J connectivity index is -0.000000148. The van der Waals surface area contributed by atoms with Crippen LogP contribution in [0.5, 0.6) is 0 Å². The minimum atomic E-state index is 1.25. The highest BCUT2D eigenvalue weighted by Gasteiger charge is 1.72. The predicted molar refractivity (Wildman–Crippen MR) is 69.8 cm³/mol. The third-order valence-electron chi connectivity index (χ3n) is 0.940. The number of benzene rings is 1. The van der Waals surface area contributed by atoms with E-state index in [4.69, 9.17) is 0 Å². The van der Waals surface area contributed by atoms with E-state index < -0.39 is 0 Å². The van der Waals surface area contributed by atoms with Gasteiger partial charge in [0.25, 0.3) is 0 Å². The van der Waals surface area contributed by atoms with E-state index in [1.807, 2.05) is 45.9 Å². The van der Waals surface area contributed by atoms with Gasteiger partial charge in [-0.2, -0.15) is 0 Å². The summed E-state index contributed by atoms with van der Waals surface area (Å²) in [6, 6.07) is 10.3. The lowest BCUT2D eigenvalue weighted by Crippen LogP contribution is -1.62. The molecule has 0 nitrogen and oxygen atoms in total. The molecule has 0 saturated heterocycles. The monoisotopic (exact) mass is 196 g/mol. The SMILES string of the molecule is CC.CC.CCC.Cc1ccccc1. The minimum absolute atomic E-state index is 1.25. The topological polar surface area (TPSA) is 0 Å². The van der Waals surface area contributed by atoms with E-state index in [9.17, 15) is 0 Å². The van der Waals surface area contributed by atoms with Gasteiger partial charge in [0.1, 0.15) is 0 Å². The summed E-state index contributed by atoms with van der Waals surface area (Å²) in [5.41, 5.74) is 1.32. The Hall–Kier alpha value is -0.780. The summed E-state index contributed by atoms with van der Waals surface area (Å²) in [6.07, 6.45) is 1.25. The smallest absolute Gasteiger partial charge is 0.0398 e. The number of hydrogen-bond acceptors (Lipinski definition) is 0. The fourth-order valence-corrected chi connectivity index (χ4v) is 0.534. The summed E-state index contributed by atoms with van der Waals surface area (Å²) >= 11 is 0. The Morgan fingerprint density at radius 3 is 1.21 bits per heavy atom. The lowest BCUT2D eigenvalue weighted by molar-refractivity contribution is 1.09. The quantitative estimate of drug-likeness (QED) is 0.516. The Bertz CT molecular complexity index is 141. The molecule has 0 aliphatic carbocycles. The van der Waals surface area contributed by atoms with E-state index in [1.165, 1.54) is 12.0 Å². The molecule has 0 unspecified atom stereocenters. The molecule has 0 aliphatic heterocycles. The minimum Gasteiger partial charge on any atom is -0.0683 e. The van der Waals surface area contributed by atoms with E-state index in [2.05, 4.69) is 32.9 Å². The molecule has 0 atom stereocenters. The van der Waals surface area contributed by atoms with Crippen LogP contribution in [0.4, 0.5) is 0 Å². The zero-order valence-electron chi connectivity index (χ0n) is 11.1. The van der Waals surface area contributed by atoms with Crippen LogP contribution in [0.2, 0.25) is 0 Å². The predicted octanol–water partition coefficient (Wildman–Crippen LogP) is 5.46. The molecule has 0 aliphatic rings. The largest absolute Gasteiger partial charge is 0.0683 e. The van der Waals surface area contributed by atoms with Crippen LogP contribution in [0.1, 0.15) is 53.5 Å². The van der Waals surface area contributed by atoms with E-state index in [1.54, 1.807) is 0 Å². The van der Waals surface area contributed by atoms with Gasteiger partial charge in [-0.3, -0.25) is 0 Å². The average Bonchev–Trinajstić information content (AvgIpc) is 2.26. The molecule has 0 fully saturated rings. The molecule has 0 aromatic heterocycles. The van der Waals surface area contributed by atoms with E-state index in [0.717, 1.165) is 0 Å². The van der Waals surface area contributed by atoms with Crippen LogP contribution >= 0.6 is 0 Å². The lowest BCUT2D eigenvalue weighted by Gasteiger charge is -1.82. The highest BCUT2D eigenvalue weighted by molar-refractivity contribution is 5.11. The Morgan fingerprint density at radius 1 is 0.786 bits per heavy atom. The van der Waals surface area contributed by atoms with Crippen molar-refractivity contribution in [3.8, 4) is 0 Å². The van der Waals surface area contributed by atoms with Gasteiger partial charge < -0.3 is 0 Å². The maximum absolute atomic E-state index is 2.12. The highest BCUT2D eigenvalue weighted by Crippen LogP contribution is 1.92. The summed E-state index contributed by atoms with van der Waals surface area (Å²) < 4.78 is 0. The summed E-state index contributed by atoms with van der Waals surface area (Å²) in [4.78, 5) is 0. The second kappa shape index (κ2) is 22.8. The molecule has 14 heavy (non-hydrogen) atoms. The van der Waals surface area contributed by atoms with Crippen molar-refractivity contribution in [1.82, 2.24) is 0 Å². The molecule has 0 radical (unpaired) electrons. The molecule has 0 N–H and O–H groups in total. The van der Waals surface area contributed by atoms with Crippen LogP contribution in [-0.4, -0.2) is 0 Å². The second-order valence-electron chi connectivity index (χ2n) is 2.36. The van der Waals surface area contributed by atoms with Crippen molar-refractivity contribution in [1.29, 1.82) is 0 Å². The first kappa shape index (κ1) is 18.9. The summed E-state index contributed by atoms with van der Waals surface area (Å²) in [6.45, 7) is 14.3. The van der Waals surface area contributed by atoms with Crippen molar-refractivity contribution in [2.24, 2.45) is 0 Å². The fourth-order valence-electron chi connectivity index (χ4n) is 0.534. The van der Waals surface area contributed by atoms with Crippen LogP contribution < -0.4 is 0 Å². The van der Waals surface area contributed by atoms with Crippen LogP contribution in [-0.2, 0) is 0 Å². The number of hydrogen-bond donors (Lipinski definition) is 0. The third-order valence-corrected chi connectivity index (χ3v) is 0.940. The molecule has 1 rings (SSSR count). The van der Waals surface area contributed by atoms with Gasteiger partial charge in [-0.05, 0) is 6.92 Å². The molecule has 1 aromatic carbocycles. The van der Waals surface area contributed by atoms with Gasteiger partial charge in [0.05, 0.1) is 0 Å². The van der Waals surface area contributed by atoms with E-state index in [0.29, 0.717) is 0 Å². The van der Waals surface area contributed by atoms with E-state index >= 15 is 0 Å². The Labute approximate surface area is 91.4 Å². The van der Waals surface area contributed by atoms with Crippen molar-refractivity contribution in [3.63, 3.8) is 0 Å². The maximum atomic E-state index is 2.12. The second-order valence-corrected chi connectivity index (χ2v) is 2.36. The van der Waals surface area contributed by atoms with Crippen LogP contribution in [0.25, 0.3) is 0 Å². The summed E-state index contributed by atoms with van der Waals surface area (Å²) in [7, 11) is 0. The van der Waals surface area contributed by atoms with Gasteiger partial charge in [0, 0.05) is 0 Å². The molecular formula is C14H28. The zero-order valence-corrected chi connectivity index (χ0v) is 11.1. The van der Waals surface area contributed by atoms with Gasteiger partial charge in [-0.1, -0.05) is 83.9 Å². The van der Waals surface area contributed by atoms with Gasteiger partial charge in [0.2, 0.25) is 0 Å². The van der Waals surface area contributed by atoms with Crippen LogP contribution in [0, 0.1) is 6.92 Å². The Morgan fingerprint density at radius 2 is 1.07 bits per heavy atom. The standard InChI is InChI=1S/C7H8.C3H8.2C2H6/c1-7-5-3-2-4-6-7;1-3-2;2*1-2/h2-6H,1H3;3H2,1-2H3;2*1-2H3. The van der Waals surface area contributed by atoms with Crippen molar-refractivity contribution >= 4 is 0 Å². The fraction of sp³-hybridized carbons (Fsp3) is 0.571. The molecule has 0 amide bonds. The molecule has 1 aromatic rings. The lowest BCUT2D eigenvalue weighted by atomic mass is 10.2. The molecule has 0 saturated carbocycles. The average molecular weight is 196 g/mol. The van der Waals surface area contributed by atoms with Crippen molar-refractivity contribution in [3.05, 3.63) is 35.9 Å². The zero-order chi connectivity index (χ0) is 11.8. The van der Waals surface area contributed by atoms with Gasteiger partial charge in [-0.25, -0.2) is 0 Å². The van der Waals surface area contributed by atoms with Crippen molar-refractivity contribution in [2.75, 3.05) is 0 Å². The van der Waals surface area contributed by atoms with Gasteiger partial charge in [0.15, 0.2) is 0 Å². The van der Waals surface area contributed by atoms with Crippen LogP contribution in [0.3, 0.4) is 0 Å². The number of rotatable bonds is 0. The normalized spacial score (nSPS) is 6.50. The maximum Gasteiger partial charge on any atom is -0.0398 e. The first-order chi connectivity index (χ1) is 6.81. The molecule has 0 heterocycles. The number of aryl methyl sites for hydroxylation is 1. The summed E-state index contributed by atoms with van der Waals surface area (Å²) in [5, 5.41) is 0. The van der Waals surface area contributed by atoms with Gasteiger partial charge >= 0.3 is 0 Å². The molecule has 0 heteroatoms. The van der Waals surface area contributed by atoms with Crippen LogP contribution in [0.15, 0.2) is 30.3 Å². The van der Waals surface area contributed by atoms with Crippen molar-refractivity contribution < 1.29 is 0 Å². The molecule has 0 spiro atoms. The molecule has 84 valence electrons. The first-order valence-corrected chi connectivity index (χ1v) is 5.82. The van der Waals surface area contributed by atoms with Crippen molar-refractivity contribution in [2.45, 2.75) is 54.9 Å². The Kier molecular flexibility index (Phi) is 30.7. The van der Waals surface area contributed by atoms with Gasteiger partial charge in [-0.15, -0.1) is 0 Å². The molecule has 0 bridgehead atoms.